The number of rotatable bonds is 4. The van der Waals surface area contributed by atoms with Crippen molar-refractivity contribution < 1.29 is 14.3 Å². The van der Waals surface area contributed by atoms with E-state index < -0.39 is 5.41 Å². The van der Waals surface area contributed by atoms with Gasteiger partial charge in [0, 0.05) is 18.8 Å². The summed E-state index contributed by atoms with van der Waals surface area (Å²) < 4.78 is 5.11. The number of carbonyl (C=O) groups is 2. The first kappa shape index (κ1) is 18.0. The monoisotopic (exact) mass is 352 g/mol. The molecule has 1 aliphatic heterocycles. The molecule has 2 aromatic carbocycles. The number of benzene rings is 2. The van der Waals surface area contributed by atoms with E-state index in [2.05, 4.69) is 11.4 Å². The molecular formula is C21H24N2O3. The third-order valence-electron chi connectivity index (χ3n) is 4.87. The Bertz CT molecular complexity index is 812. The van der Waals surface area contributed by atoms with Crippen molar-refractivity contribution in [2.75, 3.05) is 19.0 Å². The average molecular weight is 352 g/mol. The lowest BCUT2D eigenvalue weighted by atomic mass is 9.88. The number of methoxy groups -OCH3 is 1. The summed E-state index contributed by atoms with van der Waals surface area (Å²) in [6, 6.07) is 15.2. The van der Waals surface area contributed by atoms with Crippen molar-refractivity contribution in [1.29, 1.82) is 0 Å². The fraction of sp³-hybridized carbons (Fsp3) is 0.333. The highest BCUT2D eigenvalue weighted by Gasteiger charge is 2.40. The van der Waals surface area contributed by atoms with Crippen LogP contribution in [0, 0.1) is 5.41 Å². The Morgan fingerprint density at radius 3 is 2.35 bits per heavy atom. The van der Waals surface area contributed by atoms with E-state index in [1.807, 2.05) is 18.2 Å². The zero-order chi connectivity index (χ0) is 18.7. The van der Waals surface area contributed by atoms with Crippen LogP contribution in [-0.2, 0) is 22.6 Å². The predicted molar refractivity (Wildman–Crippen MR) is 101 cm³/mol. The van der Waals surface area contributed by atoms with Crippen LogP contribution < -0.4 is 10.1 Å². The Morgan fingerprint density at radius 2 is 1.69 bits per heavy atom. The van der Waals surface area contributed by atoms with E-state index >= 15 is 0 Å². The van der Waals surface area contributed by atoms with Gasteiger partial charge < -0.3 is 15.0 Å². The molecule has 0 radical (unpaired) electrons. The molecule has 136 valence electrons. The first-order valence-corrected chi connectivity index (χ1v) is 8.73. The maximum Gasteiger partial charge on any atom is 0.239 e. The molecule has 0 aliphatic carbocycles. The molecule has 0 aromatic heterocycles. The second-order valence-electron chi connectivity index (χ2n) is 7.05. The molecule has 2 amide bonds. The van der Waals surface area contributed by atoms with Crippen LogP contribution in [0.15, 0.2) is 48.5 Å². The Kier molecular flexibility index (Phi) is 4.98. The van der Waals surface area contributed by atoms with E-state index in [1.165, 1.54) is 5.56 Å². The minimum atomic E-state index is -1.15. The summed E-state index contributed by atoms with van der Waals surface area (Å²) in [5.41, 5.74) is 1.92. The SMILES string of the molecule is COc1ccc(NC(=O)C(C)(C)C(=O)N2CCc3ccccc3C2)cc1. The zero-order valence-electron chi connectivity index (χ0n) is 15.4. The first-order valence-electron chi connectivity index (χ1n) is 8.73. The lowest BCUT2D eigenvalue weighted by Crippen LogP contribution is -2.48. The van der Waals surface area contributed by atoms with Gasteiger partial charge in [0.1, 0.15) is 11.2 Å². The highest BCUT2D eigenvalue weighted by molar-refractivity contribution is 6.09. The Morgan fingerprint density at radius 1 is 1.04 bits per heavy atom. The van der Waals surface area contributed by atoms with Crippen molar-refractivity contribution in [3.63, 3.8) is 0 Å². The molecule has 26 heavy (non-hydrogen) atoms. The Balaban J connectivity index is 1.70. The quantitative estimate of drug-likeness (QED) is 0.860. The van der Waals surface area contributed by atoms with Gasteiger partial charge in [-0.2, -0.15) is 0 Å². The number of anilines is 1. The Labute approximate surface area is 154 Å². The zero-order valence-corrected chi connectivity index (χ0v) is 15.4. The normalized spacial score (nSPS) is 13.7. The van der Waals surface area contributed by atoms with Crippen LogP contribution in [0.3, 0.4) is 0 Å². The van der Waals surface area contributed by atoms with Crippen LogP contribution in [0.2, 0.25) is 0 Å². The number of fused-ring (bicyclic) bond motifs is 1. The summed E-state index contributed by atoms with van der Waals surface area (Å²) in [7, 11) is 1.59. The van der Waals surface area contributed by atoms with Gasteiger partial charge in [-0.3, -0.25) is 9.59 Å². The van der Waals surface area contributed by atoms with Gasteiger partial charge in [0.25, 0.3) is 0 Å². The summed E-state index contributed by atoms with van der Waals surface area (Å²) in [6.07, 6.45) is 0.818. The van der Waals surface area contributed by atoms with E-state index in [4.69, 9.17) is 4.74 Å². The number of carbonyl (C=O) groups excluding carboxylic acids is 2. The van der Waals surface area contributed by atoms with Crippen LogP contribution >= 0.6 is 0 Å². The van der Waals surface area contributed by atoms with Crippen LogP contribution in [0.25, 0.3) is 0 Å². The molecule has 0 saturated carbocycles. The largest absolute Gasteiger partial charge is 0.497 e. The standard InChI is InChI=1S/C21H24N2O3/c1-21(2,19(24)22-17-8-10-18(26-3)11-9-17)20(25)23-13-12-15-6-4-5-7-16(15)14-23/h4-11H,12-14H2,1-3H3,(H,22,24). The minimum Gasteiger partial charge on any atom is -0.497 e. The van der Waals surface area contributed by atoms with Gasteiger partial charge in [-0.25, -0.2) is 0 Å². The lowest BCUT2D eigenvalue weighted by Gasteiger charge is -2.34. The molecule has 2 aromatic rings. The smallest absolute Gasteiger partial charge is 0.239 e. The highest BCUT2D eigenvalue weighted by atomic mass is 16.5. The Hall–Kier alpha value is -2.82. The molecule has 0 atom stereocenters. The van der Waals surface area contributed by atoms with Crippen molar-refractivity contribution >= 4 is 17.5 Å². The lowest BCUT2D eigenvalue weighted by molar-refractivity contribution is -0.147. The summed E-state index contributed by atoms with van der Waals surface area (Å²) in [5.74, 6) is 0.245. The van der Waals surface area contributed by atoms with Crippen molar-refractivity contribution in [2.45, 2.75) is 26.8 Å². The topological polar surface area (TPSA) is 58.6 Å². The minimum absolute atomic E-state index is 0.155. The molecular weight excluding hydrogens is 328 g/mol. The summed E-state index contributed by atoms with van der Waals surface area (Å²) in [5, 5.41) is 2.83. The van der Waals surface area contributed by atoms with Gasteiger partial charge in [-0.1, -0.05) is 24.3 Å². The van der Waals surface area contributed by atoms with Crippen LogP contribution in [-0.4, -0.2) is 30.4 Å². The number of nitrogens with one attached hydrogen (secondary N) is 1. The number of ether oxygens (including phenoxy) is 1. The van der Waals surface area contributed by atoms with Gasteiger partial charge in [0.2, 0.25) is 11.8 Å². The molecule has 1 N–H and O–H groups in total. The molecule has 0 saturated heterocycles. The van der Waals surface area contributed by atoms with Crippen LogP contribution in [0.1, 0.15) is 25.0 Å². The summed E-state index contributed by atoms with van der Waals surface area (Å²) in [4.78, 5) is 27.5. The van der Waals surface area contributed by atoms with Gasteiger partial charge in [-0.15, -0.1) is 0 Å². The van der Waals surface area contributed by atoms with Crippen molar-refractivity contribution in [1.82, 2.24) is 4.90 Å². The average Bonchev–Trinajstić information content (AvgIpc) is 2.67. The molecule has 0 bridgehead atoms. The number of hydrogen-bond donors (Lipinski definition) is 1. The third-order valence-corrected chi connectivity index (χ3v) is 4.87. The molecule has 0 fully saturated rings. The van der Waals surface area contributed by atoms with E-state index in [9.17, 15) is 9.59 Å². The summed E-state index contributed by atoms with van der Waals surface area (Å²) >= 11 is 0. The van der Waals surface area contributed by atoms with Crippen molar-refractivity contribution in [3.8, 4) is 5.75 Å². The number of amides is 2. The van der Waals surface area contributed by atoms with E-state index in [0.717, 1.165) is 12.0 Å². The maximum absolute atomic E-state index is 13.0. The molecule has 0 spiro atoms. The molecule has 5 heteroatoms. The predicted octanol–water partition coefficient (Wildman–Crippen LogP) is 3.24. The van der Waals surface area contributed by atoms with Gasteiger partial charge in [0.15, 0.2) is 0 Å². The molecule has 3 rings (SSSR count). The molecule has 1 aliphatic rings. The number of hydrogen-bond acceptors (Lipinski definition) is 3. The second kappa shape index (κ2) is 7.20. The molecule has 5 nitrogen and oxygen atoms in total. The second-order valence-corrected chi connectivity index (χ2v) is 7.05. The van der Waals surface area contributed by atoms with E-state index in [0.29, 0.717) is 24.5 Å². The maximum atomic E-state index is 13.0. The number of nitrogens with zero attached hydrogens (tertiary/aromatic N) is 1. The third kappa shape index (κ3) is 3.57. The fourth-order valence-corrected chi connectivity index (χ4v) is 3.12. The molecule has 1 heterocycles. The van der Waals surface area contributed by atoms with E-state index in [1.54, 1.807) is 50.1 Å². The van der Waals surface area contributed by atoms with Crippen molar-refractivity contribution in [2.24, 2.45) is 5.41 Å². The summed E-state index contributed by atoms with van der Waals surface area (Å²) in [6.45, 7) is 4.53. The van der Waals surface area contributed by atoms with Gasteiger partial charge in [-0.05, 0) is 55.7 Å². The van der Waals surface area contributed by atoms with Gasteiger partial charge >= 0.3 is 0 Å². The van der Waals surface area contributed by atoms with Crippen LogP contribution in [0.5, 0.6) is 5.75 Å². The van der Waals surface area contributed by atoms with Gasteiger partial charge in [0.05, 0.1) is 7.11 Å². The highest BCUT2D eigenvalue weighted by Crippen LogP contribution is 2.27. The fourth-order valence-electron chi connectivity index (χ4n) is 3.12. The van der Waals surface area contributed by atoms with E-state index in [-0.39, 0.29) is 11.8 Å². The van der Waals surface area contributed by atoms with Crippen molar-refractivity contribution in [3.05, 3.63) is 59.7 Å². The first-order chi connectivity index (χ1) is 12.4. The van der Waals surface area contributed by atoms with Crippen LogP contribution in [0.4, 0.5) is 5.69 Å². The molecule has 0 unspecified atom stereocenters.